The van der Waals surface area contributed by atoms with Gasteiger partial charge in [0.15, 0.2) is 0 Å². The second-order valence-corrected chi connectivity index (χ2v) is 15.1. The van der Waals surface area contributed by atoms with Crippen LogP contribution in [0.4, 0.5) is 17.1 Å². The summed E-state index contributed by atoms with van der Waals surface area (Å²) in [7, 11) is 0. The Morgan fingerprint density at radius 1 is 0.473 bits per heavy atom. The maximum absolute atomic E-state index is 15.0. The number of hydrogen-bond acceptors (Lipinski definition) is 3. The van der Waals surface area contributed by atoms with Crippen molar-refractivity contribution >= 4 is 38.7 Å². The van der Waals surface area contributed by atoms with E-state index in [9.17, 15) is 4.79 Å². The first kappa shape index (κ1) is 31.5. The van der Waals surface area contributed by atoms with Crippen molar-refractivity contribution < 1.29 is 0 Å². The van der Waals surface area contributed by atoms with E-state index in [-0.39, 0.29) is 11.0 Å². The molecule has 7 aromatic carbocycles. The first-order chi connectivity index (χ1) is 27.0. The normalized spacial score (nSPS) is 13.5. The largest absolute Gasteiger partial charge is 0.309 e. The molecular formula is C51H35N3O. The Morgan fingerprint density at radius 2 is 1.15 bits per heavy atom. The van der Waals surface area contributed by atoms with Crippen LogP contribution in [0.3, 0.4) is 0 Å². The fraction of sp³-hybridized carbons (Fsp3) is 0.0588. The van der Waals surface area contributed by atoms with Crippen LogP contribution in [0.2, 0.25) is 0 Å². The van der Waals surface area contributed by atoms with E-state index in [0.29, 0.717) is 5.39 Å². The number of para-hydroxylation sites is 3. The number of benzene rings is 7. The molecule has 2 aliphatic rings. The van der Waals surface area contributed by atoms with Crippen molar-refractivity contribution in [3.05, 3.63) is 198 Å². The summed E-state index contributed by atoms with van der Waals surface area (Å²) in [6.45, 7) is 4.67. The molecule has 0 unspecified atom stereocenters. The highest BCUT2D eigenvalue weighted by atomic mass is 16.1. The van der Waals surface area contributed by atoms with Gasteiger partial charge in [-0.1, -0.05) is 135 Å². The molecule has 2 aromatic heterocycles. The monoisotopic (exact) mass is 705 g/mol. The summed E-state index contributed by atoms with van der Waals surface area (Å²) in [4.78, 5) is 21.9. The lowest BCUT2D eigenvalue weighted by Crippen LogP contribution is -2.22. The van der Waals surface area contributed by atoms with E-state index < -0.39 is 0 Å². The van der Waals surface area contributed by atoms with Crippen LogP contribution in [0, 0.1) is 0 Å². The third-order valence-electron chi connectivity index (χ3n) is 11.8. The average Bonchev–Trinajstić information content (AvgIpc) is 3.47. The third kappa shape index (κ3) is 4.52. The number of rotatable bonds is 2. The van der Waals surface area contributed by atoms with E-state index in [1.54, 1.807) is 6.20 Å². The summed E-state index contributed by atoms with van der Waals surface area (Å²) in [5, 5.41) is 2.46. The molecule has 0 saturated heterocycles. The minimum Gasteiger partial charge on any atom is -0.309 e. The fourth-order valence-corrected chi connectivity index (χ4v) is 9.26. The van der Waals surface area contributed by atoms with Crippen molar-refractivity contribution in [1.82, 2.24) is 9.55 Å². The minimum absolute atomic E-state index is 0.0686. The molecule has 260 valence electrons. The van der Waals surface area contributed by atoms with E-state index in [4.69, 9.17) is 0 Å². The first-order valence-corrected chi connectivity index (χ1v) is 18.8. The van der Waals surface area contributed by atoms with Crippen LogP contribution in [0.5, 0.6) is 0 Å². The lowest BCUT2D eigenvalue weighted by Gasteiger charge is -2.33. The molecule has 4 heteroatoms. The minimum atomic E-state index is -0.175. The summed E-state index contributed by atoms with van der Waals surface area (Å²) in [5.41, 5.74) is 16.1. The van der Waals surface area contributed by atoms with Crippen LogP contribution < -0.4 is 10.5 Å². The number of hydrogen-bond donors (Lipinski definition) is 0. The smallest absolute Gasteiger partial charge is 0.263 e. The predicted molar refractivity (Wildman–Crippen MR) is 227 cm³/mol. The second-order valence-electron chi connectivity index (χ2n) is 15.1. The molecule has 1 aliphatic carbocycles. The topological polar surface area (TPSA) is 38.1 Å². The van der Waals surface area contributed by atoms with Crippen molar-refractivity contribution in [2.45, 2.75) is 19.3 Å². The Labute approximate surface area is 319 Å². The van der Waals surface area contributed by atoms with Crippen molar-refractivity contribution in [3.8, 4) is 50.2 Å². The molecule has 55 heavy (non-hydrogen) atoms. The van der Waals surface area contributed by atoms with Crippen LogP contribution in [-0.2, 0) is 5.41 Å². The fourth-order valence-electron chi connectivity index (χ4n) is 9.26. The Kier molecular flexibility index (Phi) is 6.71. The summed E-state index contributed by atoms with van der Waals surface area (Å²) >= 11 is 0. The zero-order chi connectivity index (χ0) is 36.8. The summed E-state index contributed by atoms with van der Waals surface area (Å²) in [6.07, 6.45) is 3.54. The molecule has 1 aliphatic heterocycles. The summed E-state index contributed by atoms with van der Waals surface area (Å²) in [5.74, 6) is 0. The molecule has 0 spiro atoms. The van der Waals surface area contributed by atoms with Gasteiger partial charge in [0, 0.05) is 56.5 Å². The van der Waals surface area contributed by atoms with Crippen LogP contribution in [0.15, 0.2) is 181 Å². The third-order valence-corrected chi connectivity index (χ3v) is 11.8. The van der Waals surface area contributed by atoms with Gasteiger partial charge in [0.2, 0.25) is 0 Å². The van der Waals surface area contributed by atoms with Crippen LogP contribution in [0.25, 0.3) is 71.9 Å². The van der Waals surface area contributed by atoms with Gasteiger partial charge in [-0.3, -0.25) is 14.3 Å². The summed E-state index contributed by atoms with van der Waals surface area (Å²) in [6, 6.07) is 58.3. The van der Waals surface area contributed by atoms with Crippen molar-refractivity contribution in [2.75, 3.05) is 4.90 Å². The molecule has 0 N–H and O–H groups in total. The van der Waals surface area contributed by atoms with Gasteiger partial charge in [-0.15, -0.1) is 0 Å². The van der Waals surface area contributed by atoms with Crippen LogP contribution in [-0.4, -0.2) is 9.55 Å². The van der Waals surface area contributed by atoms with Crippen LogP contribution in [0.1, 0.15) is 25.0 Å². The van der Waals surface area contributed by atoms with E-state index in [1.807, 2.05) is 22.9 Å². The Morgan fingerprint density at radius 3 is 1.98 bits per heavy atom. The molecule has 3 heterocycles. The molecule has 0 radical (unpaired) electrons. The van der Waals surface area contributed by atoms with E-state index in [0.717, 1.165) is 72.4 Å². The molecule has 4 nitrogen and oxygen atoms in total. The van der Waals surface area contributed by atoms with Gasteiger partial charge in [0.25, 0.3) is 5.56 Å². The standard InChI is InChI=1S/C51H35N3O/c1-51(2)44-20-9-6-15-35(44)36-25-24-34(30-45(36)51)53-46-21-10-7-16-37(46)38-17-8-11-22-47(38)54-49-39(18-12-19-40(49)43-31-52-28-27-41(43)50(54)55)42-29-33(23-26-48(42)53)32-13-4-3-5-14-32/h3-31H,1-2H3. The van der Waals surface area contributed by atoms with Gasteiger partial charge in [-0.25, -0.2) is 0 Å². The molecule has 0 atom stereocenters. The zero-order valence-corrected chi connectivity index (χ0v) is 30.5. The van der Waals surface area contributed by atoms with Gasteiger partial charge < -0.3 is 4.90 Å². The SMILES string of the molecule is CC1(C)c2ccccc2-c2ccc(N3c4ccccc4-c4ccccc4-n4c(=O)c5ccncc5c5cccc(c54)-c4cc(-c5ccccc5)ccc43)cc21. The first-order valence-electron chi connectivity index (χ1n) is 18.8. The van der Waals surface area contributed by atoms with Crippen LogP contribution >= 0.6 is 0 Å². The molecule has 0 amide bonds. The lowest BCUT2D eigenvalue weighted by molar-refractivity contribution is 0.660. The predicted octanol–water partition coefficient (Wildman–Crippen LogP) is 12.6. The van der Waals surface area contributed by atoms with E-state index in [2.05, 4.69) is 175 Å². The summed E-state index contributed by atoms with van der Waals surface area (Å²) < 4.78 is 1.95. The van der Waals surface area contributed by atoms with E-state index >= 15 is 0 Å². The van der Waals surface area contributed by atoms with Gasteiger partial charge in [-0.2, -0.15) is 0 Å². The zero-order valence-electron chi connectivity index (χ0n) is 30.5. The Balaban J connectivity index is 1.32. The number of pyridine rings is 2. The molecular weight excluding hydrogens is 671 g/mol. The highest BCUT2D eigenvalue weighted by Crippen LogP contribution is 2.53. The van der Waals surface area contributed by atoms with Gasteiger partial charge in [-0.05, 0) is 75.8 Å². The average molecular weight is 706 g/mol. The van der Waals surface area contributed by atoms with E-state index in [1.165, 1.54) is 22.3 Å². The number of nitrogens with zero attached hydrogens (tertiary/aromatic N) is 3. The maximum Gasteiger partial charge on any atom is 0.263 e. The Bertz CT molecular complexity index is 3100. The van der Waals surface area contributed by atoms with Crippen molar-refractivity contribution in [1.29, 1.82) is 0 Å². The van der Waals surface area contributed by atoms with Crippen molar-refractivity contribution in [2.24, 2.45) is 0 Å². The molecule has 0 saturated carbocycles. The quantitative estimate of drug-likeness (QED) is 0.168. The lowest BCUT2D eigenvalue weighted by atomic mass is 9.82. The number of anilines is 3. The molecule has 0 bridgehead atoms. The molecule has 0 fully saturated rings. The van der Waals surface area contributed by atoms with Gasteiger partial charge in [0.1, 0.15) is 0 Å². The highest BCUT2D eigenvalue weighted by Gasteiger charge is 2.36. The second kappa shape index (κ2) is 11.7. The maximum atomic E-state index is 15.0. The number of fused-ring (bicyclic) bond motifs is 11. The van der Waals surface area contributed by atoms with Crippen molar-refractivity contribution in [3.63, 3.8) is 0 Å². The van der Waals surface area contributed by atoms with Gasteiger partial charge in [0.05, 0.1) is 28.0 Å². The number of aromatic nitrogens is 2. The molecule has 9 aromatic rings. The highest BCUT2D eigenvalue weighted by molar-refractivity contribution is 6.13. The Hall–Kier alpha value is -7.04. The van der Waals surface area contributed by atoms with Gasteiger partial charge >= 0.3 is 0 Å². The molecule has 11 rings (SSSR count).